The number of benzene rings is 2. The van der Waals surface area contributed by atoms with Crippen LogP contribution in [0.3, 0.4) is 0 Å². The Kier molecular flexibility index (Phi) is 9.36. The minimum atomic E-state index is -5.32. The summed E-state index contributed by atoms with van der Waals surface area (Å²) in [5.41, 5.74) is -6.37. The molecule has 0 bridgehead atoms. The highest BCUT2D eigenvalue weighted by molar-refractivity contribution is 9.10. The third-order valence-corrected chi connectivity index (χ3v) is 7.77. The summed E-state index contributed by atoms with van der Waals surface area (Å²) in [6.45, 7) is -1.74. The standard InChI is InChI=1S/C24H15BrCl2F10N2O2/c25-18-15(26)6-11(7-16(18)27)13(23(32,33)34)8-17(28)10-1-2-12(14(5-10)24(35,36)37)19(40)39-21(3-4-21)20(41)38-9-22(29,30)31/h1-2,5-8,13H,3-4,9H2,(H,38,41)(H,39,40). The van der Waals surface area contributed by atoms with Crippen LogP contribution in [0, 0.1) is 0 Å². The SMILES string of the molecule is O=C(NC1(C(=O)NCC(F)(F)F)CC1)c1ccc(C(F)=CC(c2cc(Cl)c(Br)c(Cl)c2)C(F)(F)F)cc1C(F)(F)F. The molecule has 2 aromatic rings. The van der Waals surface area contributed by atoms with Crippen LogP contribution in [0.5, 0.6) is 0 Å². The summed E-state index contributed by atoms with van der Waals surface area (Å²) in [5.74, 6) is -7.20. The smallest absolute Gasteiger partial charge is 0.345 e. The maximum Gasteiger partial charge on any atom is 0.417 e. The minimum absolute atomic E-state index is 0.00923. The molecular weight excluding hydrogens is 689 g/mol. The number of hydrogen-bond donors (Lipinski definition) is 2. The van der Waals surface area contributed by atoms with Gasteiger partial charge >= 0.3 is 18.5 Å². The van der Waals surface area contributed by atoms with E-state index in [1.807, 2.05) is 5.32 Å². The number of allylic oxidation sites excluding steroid dienone is 1. The van der Waals surface area contributed by atoms with Crippen LogP contribution in [0.4, 0.5) is 43.9 Å². The monoisotopic (exact) mass is 702 g/mol. The molecule has 0 aliphatic heterocycles. The predicted molar refractivity (Wildman–Crippen MR) is 132 cm³/mol. The molecule has 1 aliphatic carbocycles. The molecule has 0 radical (unpaired) electrons. The van der Waals surface area contributed by atoms with Crippen molar-refractivity contribution in [3.8, 4) is 0 Å². The number of hydrogen-bond acceptors (Lipinski definition) is 2. The number of rotatable bonds is 7. The van der Waals surface area contributed by atoms with Gasteiger partial charge in [0, 0.05) is 5.56 Å². The molecule has 1 unspecified atom stereocenters. The van der Waals surface area contributed by atoms with Crippen molar-refractivity contribution >= 4 is 56.8 Å². The quantitative estimate of drug-likeness (QED) is 0.225. The van der Waals surface area contributed by atoms with Gasteiger partial charge < -0.3 is 10.6 Å². The fraction of sp³-hybridized carbons (Fsp3) is 0.333. The first-order chi connectivity index (χ1) is 18.6. The number of alkyl halides is 9. The van der Waals surface area contributed by atoms with Crippen molar-refractivity contribution in [3.05, 3.63) is 73.2 Å². The summed E-state index contributed by atoms with van der Waals surface area (Å²) in [5, 5.41) is 3.01. The van der Waals surface area contributed by atoms with Gasteiger partial charge in [0.2, 0.25) is 5.91 Å². The van der Waals surface area contributed by atoms with E-state index in [0.717, 1.165) is 12.1 Å². The van der Waals surface area contributed by atoms with E-state index in [9.17, 15) is 49.1 Å². The third kappa shape index (κ3) is 8.07. The highest BCUT2D eigenvalue weighted by Crippen LogP contribution is 2.43. The number of halogens is 13. The van der Waals surface area contributed by atoms with Gasteiger partial charge in [-0.15, -0.1) is 0 Å². The Labute approximate surface area is 243 Å². The Morgan fingerprint density at radius 2 is 1.54 bits per heavy atom. The van der Waals surface area contributed by atoms with Crippen molar-refractivity contribution in [2.45, 2.75) is 42.8 Å². The summed E-state index contributed by atoms with van der Waals surface area (Å²) in [6, 6.07) is 2.85. The van der Waals surface area contributed by atoms with E-state index in [0.29, 0.717) is 12.1 Å². The predicted octanol–water partition coefficient (Wildman–Crippen LogP) is 8.37. The van der Waals surface area contributed by atoms with E-state index < -0.39 is 76.4 Å². The van der Waals surface area contributed by atoms with Crippen LogP contribution in [0.25, 0.3) is 5.83 Å². The summed E-state index contributed by atoms with van der Waals surface area (Å²) in [4.78, 5) is 24.8. The number of nitrogens with one attached hydrogen (secondary N) is 2. The molecule has 2 amide bonds. The van der Waals surface area contributed by atoms with Crippen LogP contribution in [-0.4, -0.2) is 36.3 Å². The largest absolute Gasteiger partial charge is 0.417 e. The fourth-order valence-electron chi connectivity index (χ4n) is 3.67. The van der Waals surface area contributed by atoms with Gasteiger partial charge in [-0.05, 0) is 64.7 Å². The molecule has 17 heteroatoms. The molecule has 2 aromatic carbocycles. The van der Waals surface area contributed by atoms with Crippen LogP contribution in [-0.2, 0) is 11.0 Å². The highest BCUT2D eigenvalue weighted by atomic mass is 79.9. The van der Waals surface area contributed by atoms with Gasteiger partial charge in [0.05, 0.1) is 25.6 Å². The lowest BCUT2D eigenvalue weighted by molar-refractivity contribution is -0.140. The maximum absolute atomic E-state index is 15.0. The normalized spacial score (nSPS) is 16.3. The second kappa shape index (κ2) is 11.6. The van der Waals surface area contributed by atoms with Crippen LogP contribution in [0.15, 0.2) is 40.9 Å². The maximum atomic E-state index is 15.0. The van der Waals surface area contributed by atoms with Gasteiger partial charge in [0.1, 0.15) is 23.8 Å². The zero-order valence-electron chi connectivity index (χ0n) is 19.9. The minimum Gasteiger partial charge on any atom is -0.345 e. The number of amides is 2. The molecule has 2 N–H and O–H groups in total. The average Bonchev–Trinajstić information content (AvgIpc) is 3.62. The van der Waals surface area contributed by atoms with E-state index in [-0.39, 0.29) is 39.5 Å². The van der Waals surface area contributed by atoms with Gasteiger partial charge in [-0.3, -0.25) is 9.59 Å². The molecule has 224 valence electrons. The molecule has 4 nitrogen and oxygen atoms in total. The average molecular weight is 704 g/mol. The Bertz CT molecular complexity index is 1360. The fourth-order valence-corrected chi connectivity index (χ4v) is 4.40. The molecule has 41 heavy (non-hydrogen) atoms. The van der Waals surface area contributed by atoms with Crippen molar-refractivity contribution < 1.29 is 53.5 Å². The van der Waals surface area contributed by atoms with Crippen LogP contribution in [0.2, 0.25) is 10.0 Å². The van der Waals surface area contributed by atoms with Crippen molar-refractivity contribution in [1.29, 1.82) is 0 Å². The molecule has 1 aliphatic rings. The Hall–Kier alpha value is -2.52. The highest BCUT2D eigenvalue weighted by Gasteiger charge is 2.52. The van der Waals surface area contributed by atoms with Gasteiger partial charge in [0.15, 0.2) is 0 Å². The van der Waals surface area contributed by atoms with E-state index in [2.05, 4.69) is 15.9 Å². The first-order valence-corrected chi connectivity index (χ1v) is 12.7. The van der Waals surface area contributed by atoms with Crippen molar-refractivity contribution in [1.82, 2.24) is 10.6 Å². The summed E-state index contributed by atoms with van der Waals surface area (Å²) < 4.78 is 135. The second-order valence-corrected chi connectivity index (χ2v) is 10.5. The van der Waals surface area contributed by atoms with Gasteiger partial charge in [-0.25, -0.2) is 4.39 Å². The molecule has 1 atom stereocenters. The van der Waals surface area contributed by atoms with E-state index in [1.54, 1.807) is 0 Å². The van der Waals surface area contributed by atoms with Gasteiger partial charge in [-0.1, -0.05) is 29.3 Å². The molecule has 0 saturated heterocycles. The summed E-state index contributed by atoms with van der Waals surface area (Å²) >= 11 is 14.6. The molecule has 0 spiro atoms. The lowest BCUT2D eigenvalue weighted by Crippen LogP contribution is -2.51. The van der Waals surface area contributed by atoms with Crippen molar-refractivity contribution in [3.63, 3.8) is 0 Å². The molecule has 0 heterocycles. The summed E-state index contributed by atoms with van der Waals surface area (Å²) in [6.07, 6.45) is -15.6. The lowest BCUT2D eigenvalue weighted by atomic mass is 9.95. The van der Waals surface area contributed by atoms with Crippen LogP contribution in [0.1, 0.15) is 45.8 Å². The Balaban J connectivity index is 1.96. The van der Waals surface area contributed by atoms with Gasteiger partial charge in [0.25, 0.3) is 5.91 Å². The van der Waals surface area contributed by atoms with E-state index in [1.165, 1.54) is 5.32 Å². The number of carbonyl (C=O) groups excluding carboxylic acids is 2. The lowest BCUT2D eigenvalue weighted by Gasteiger charge is -2.20. The second-order valence-electron chi connectivity index (χ2n) is 8.92. The van der Waals surface area contributed by atoms with E-state index >= 15 is 4.39 Å². The molecule has 1 saturated carbocycles. The first kappa shape index (κ1) is 33.0. The third-order valence-electron chi connectivity index (χ3n) is 5.86. The van der Waals surface area contributed by atoms with Crippen molar-refractivity contribution in [2.24, 2.45) is 0 Å². The first-order valence-electron chi connectivity index (χ1n) is 11.1. The zero-order chi connectivity index (χ0) is 31.1. The van der Waals surface area contributed by atoms with Crippen LogP contribution < -0.4 is 10.6 Å². The zero-order valence-corrected chi connectivity index (χ0v) is 23.0. The molecular formula is C24H15BrCl2F10N2O2. The van der Waals surface area contributed by atoms with Crippen LogP contribution >= 0.6 is 39.1 Å². The Morgan fingerprint density at radius 1 is 0.976 bits per heavy atom. The van der Waals surface area contributed by atoms with Crippen molar-refractivity contribution in [2.75, 3.05) is 6.54 Å². The summed E-state index contributed by atoms with van der Waals surface area (Å²) in [7, 11) is 0. The van der Waals surface area contributed by atoms with Gasteiger partial charge in [-0.2, -0.15) is 39.5 Å². The van der Waals surface area contributed by atoms with E-state index in [4.69, 9.17) is 23.2 Å². The number of carbonyl (C=O) groups is 2. The topological polar surface area (TPSA) is 58.2 Å². The Morgan fingerprint density at radius 3 is 2.00 bits per heavy atom. The molecule has 0 aromatic heterocycles. The molecule has 1 fully saturated rings. The molecule has 3 rings (SSSR count).